The fourth-order valence-corrected chi connectivity index (χ4v) is 4.29. The summed E-state index contributed by atoms with van der Waals surface area (Å²) in [5.41, 5.74) is 2.58. The molecule has 0 aliphatic heterocycles. The first-order valence-corrected chi connectivity index (χ1v) is 10.8. The van der Waals surface area contributed by atoms with E-state index in [0.717, 1.165) is 44.0 Å². The van der Waals surface area contributed by atoms with E-state index in [2.05, 4.69) is 20.9 Å². The number of aliphatic imine (C=N–C) groups is 1. The molecule has 1 amide bonds. The molecule has 4 N–H and O–H groups in total. The van der Waals surface area contributed by atoms with Crippen LogP contribution in [0.25, 0.3) is 0 Å². The van der Waals surface area contributed by atoms with Crippen LogP contribution in [0.4, 0.5) is 0 Å². The number of thiazole rings is 1. The minimum absolute atomic E-state index is 0. The SMILES string of the molecule is CCNC(=NCC1(CCO)CCCCC1)NCCNC(=O)c1scnc1C.I. The maximum Gasteiger partial charge on any atom is 0.263 e. The van der Waals surface area contributed by atoms with Crippen molar-refractivity contribution in [2.24, 2.45) is 10.4 Å². The minimum atomic E-state index is -0.0807. The van der Waals surface area contributed by atoms with E-state index in [1.54, 1.807) is 5.51 Å². The Morgan fingerprint density at radius 2 is 1.96 bits per heavy atom. The van der Waals surface area contributed by atoms with E-state index in [1.165, 1.54) is 30.6 Å². The number of nitrogens with zero attached hydrogens (tertiary/aromatic N) is 2. The van der Waals surface area contributed by atoms with Crippen LogP contribution in [0, 0.1) is 12.3 Å². The molecule has 0 unspecified atom stereocenters. The molecule has 1 fully saturated rings. The Kier molecular flexibility index (Phi) is 11.9. The lowest BCUT2D eigenvalue weighted by atomic mass is 9.72. The second kappa shape index (κ2) is 13.3. The molecule has 0 bridgehead atoms. The van der Waals surface area contributed by atoms with Gasteiger partial charge in [0.25, 0.3) is 5.91 Å². The van der Waals surface area contributed by atoms with Gasteiger partial charge in [-0.1, -0.05) is 19.3 Å². The van der Waals surface area contributed by atoms with Crippen molar-refractivity contribution in [2.45, 2.75) is 52.4 Å². The summed E-state index contributed by atoms with van der Waals surface area (Å²) in [6.45, 7) is 6.73. The Hall–Kier alpha value is -0.940. The van der Waals surface area contributed by atoms with Crippen LogP contribution >= 0.6 is 35.3 Å². The van der Waals surface area contributed by atoms with Crippen LogP contribution in [0.1, 0.15) is 60.8 Å². The molecule has 0 spiro atoms. The predicted molar refractivity (Wildman–Crippen MR) is 126 cm³/mol. The molecule has 1 aliphatic carbocycles. The topological polar surface area (TPSA) is 98.6 Å². The maximum absolute atomic E-state index is 12.1. The summed E-state index contributed by atoms with van der Waals surface area (Å²) < 4.78 is 0. The predicted octanol–water partition coefficient (Wildman–Crippen LogP) is 2.69. The van der Waals surface area contributed by atoms with E-state index in [4.69, 9.17) is 4.99 Å². The van der Waals surface area contributed by atoms with Crippen LogP contribution in [0.3, 0.4) is 0 Å². The Bertz CT molecular complexity index is 612. The number of aliphatic hydroxyl groups excluding tert-OH is 1. The van der Waals surface area contributed by atoms with E-state index in [9.17, 15) is 9.90 Å². The summed E-state index contributed by atoms with van der Waals surface area (Å²) >= 11 is 1.36. The van der Waals surface area contributed by atoms with Gasteiger partial charge in [0, 0.05) is 32.8 Å². The van der Waals surface area contributed by atoms with Gasteiger partial charge in [-0.3, -0.25) is 9.79 Å². The lowest BCUT2D eigenvalue weighted by Gasteiger charge is -2.35. The lowest BCUT2D eigenvalue weighted by Crippen LogP contribution is -2.42. The van der Waals surface area contributed by atoms with Gasteiger partial charge in [-0.2, -0.15) is 0 Å². The van der Waals surface area contributed by atoms with Crippen LogP contribution in [-0.4, -0.2) is 54.7 Å². The highest BCUT2D eigenvalue weighted by Crippen LogP contribution is 2.39. The third-order valence-electron chi connectivity index (χ3n) is 5.13. The van der Waals surface area contributed by atoms with Gasteiger partial charge in [-0.25, -0.2) is 4.98 Å². The van der Waals surface area contributed by atoms with Gasteiger partial charge in [0.2, 0.25) is 0 Å². The molecule has 1 heterocycles. The standard InChI is InChI=1S/C19H33N5O2S.HI/c1-3-20-18(23-13-19(9-12-25)7-5-4-6-8-19)22-11-10-21-17(26)16-15(2)24-14-27-16;/h14,25H,3-13H2,1-2H3,(H,21,26)(H2,20,22,23);1H. The number of rotatable bonds is 9. The number of aromatic nitrogens is 1. The highest BCUT2D eigenvalue weighted by atomic mass is 127. The molecule has 1 aromatic heterocycles. The summed E-state index contributed by atoms with van der Waals surface area (Å²) in [4.78, 5) is 21.6. The number of hydrogen-bond donors (Lipinski definition) is 4. The van der Waals surface area contributed by atoms with E-state index in [0.29, 0.717) is 18.0 Å². The van der Waals surface area contributed by atoms with Crippen LogP contribution in [-0.2, 0) is 0 Å². The van der Waals surface area contributed by atoms with Gasteiger partial charge in [0.05, 0.1) is 11.2 Å². The average molecular weight is 523 g/mol. The highest BCUT2D eigenvalue weighted by Gasteiger charge is 2.31. The van der Waals surface area contributed by atoms with Crippen molar-refractivity contribution in [2.75, 3.05) is 32.8 Å². The zero-order valence-corrected chi connectivity index (χ0v) is 20.1. The highest BCUT2D eigenvalue weighted by molar-refractivity contribution is 14.0. The molecule has 0 saturated heterocycles. The molecular formula is C19H34IN5O2S. The quantitative estimate of drug-likeness (QED) is 0.173. The summed E-state index contributed by atoms with van der Waals surface area (Å²) in [6, 6.07) is 0. The fraction of sp³-hybridized carbons (Fsp3) is 0.737. The number of nitrogens with one attached hydrogen (secondary N) is 3. The van der Waals surface area contributed by atoms with E-state index < -0.39 is 0 Å². The minimum Gasteiger partial charge on any atom is -0.396 e. The zero-order chi connectivity index (χ0) is 19.5. The lowest BCUT2D eigenvalue weighted by molar-refractivity contribution is 0.0957. The molecule has 0 aromatic carbocycles. The summed E-state index contributed by atoms with van der Waals surface area (Å²) in [5.74, 6) is 0.687. The third-order valence-corrected chi connectivity index (χ3v) is 6.06. The molecule has 9 heteroatoms. The number of hydrogen-bond acceptors (Lipinski definition) is 5. The Labute approximate surface area is 189 Å². The fourth-order valence-electron chi connectivity index (χ4n) is 3.57. The van der Waals surface area contributed by atoms with Crippen molar-refractivity contribution in [1.82, 2.24) is 20.9 Å². The van der Waals surface area contributed by atoms with Crippen LogP contribution in [0.2, 0.25) is 0 Å². The summed E-state index contributed by atoms with van der Waals surface area (Å²) in [6.07, 6.45) is 6.83. The molecule has 28 heavy (non-hydrogen) atoms. The van der Waals surface area contributed by atoms with E-state index >= 15 is 0 Å². The van der Waals surface area contributed by atoms with Gasteiger partial charge in [-0.05, 0) is 38.5 Å². The molecular weight excluding hydrogens is 489 g/mol. The molecule has 0 radical (unpaired) electrons. The zero-order valence-electron chi connectivity index (χ0n) is 16.9. The number of aryl methyl sites for hydroxylation is 1. The van der Waals surface area contributed by atoms with Gasteiger partial charge in [0.15, 0.2) is 5.96 Å². The second-order valence-corrected chi connectivity index (χ2v) is 8.03. The first kappa shape index (κ1) is 25.1. The van der Waals surface area contributed by atoms with E-state index in [-0.39, 0.29) is 41.9 Å². The molecule has 1 aliphatic rings. The largest absolute Gasteiger partial charge is 0.396 e. The van der Waals surface area contributed by atoms with Crippen molar-refractivity contribution >= 4 is 47.2 Å². The third kappa shape index (κ3) is 7.82. The second-order valence-electron chi connectivity index (χ2n) is 7.18. The van der Waals surface area contributed by atoms with Gasteiger partial charge in [-0.15, -0.1) is 35.3 Å². The Morgan fingerprint density at radius 3 is 2.57 bits per heavy atom. The molecule has 7 nitrogen and oxygen atoms in total. The van der Waals surface area contributed by atoms with Gasteiger partial charge >= 0.3 is 0 Å². The number of aliphatic hydroxyl groups is 1. The summed E-state index contributed by atoms with van der Waals surface area (Å²) in [7, 11) is 0. The number of carbonyl (C=O) groups is 1. The molecule has 2 rings (SSSR count). The van der Waals surface area contributed by atoms with Gasteiger partial charge in [0.1, 0.15) is 4.88 Å². The molecule has 1 saturated carbocycles. The first-order chi connectivity index (χ1) is 13.1. The maximum atomic E-state index is 12.1. The number of carbonyl (C=O) groups excluding carboxylic acids is 1. The molecule has 1 aromatic rings. The molecule has 0 atom stereocenters. The normalized spacial score (nSPS) is 16.2. The van der Waals surface area contributed by atoms with Gasteiger partial charge < -0.3 is 21.1 Å². The number of amides is 1. The van der Waals surface area contributed by atoms with Crippen LogP contribution in [0.15, 0.2) is 10.5 Å². The Balaban J connectivity index is 0.00000392. The van der Waals surface area contributed by atoms with E-state index in [1.807, 2.05) is 13.8 Å². The van der Waals surface area contributed by atoms with Crippen molar-refractivity contribution in [3.8, 4) is 0 Å². The summed E-state index contributed by atoms with van der Waals surface area (Å²) in [5, 5.41) is 18.9. The van der Waals surface area contributed by atoms with Crippen LogP contribution < -0.4 is 16.0 Å². The first-order valence-electron chi connectivity index (χ1n) is 9.91. The monoisotopic (exact) mass is 523 g/mol. The molecule has 160 valence electrons. The Morgan fingerprint density at radius 1 is 1.25 bits per heavy atom. The van der Waals surface area contributed by atoms with Crippen molar-refractivity contribution in [1.29, 1.82) is 0 Å². The smallest absolute Gasteiger partial charge is 0.263 e. The van der Waals surface area contributed by atoms with Crippen molar-refractivity contribution in [3.63, 3.8) is 0 Å². The van der Waals surface area contributed by atoms with Crippen molar-refractivity contribution < 1.29 is 9.90 Å². The van der Waals surface area contributed by atoms with Crippen LogP contribution in [0.5, 0.6) is 0 Å². The number of guanidine groups is 1. The van der Waals surface area contributed by atoms with Crippen molar-refractivity contribution in [3.05, 3.63) is 16.1 Å². The number of halogens is 1. The average Bonchev–Trinajstić information content (AvgIpc) is 3.10.